The van der Waals surface area contributed by atoms with Gasteiger partial charge in [-0.05, 0) is 50.8 Å². The van der Waals surface area contributed by atoms with E-state index in [4.69, 9.17) is 0 Å². The molecule has 0 spiro atoms. The molecule has 1 N–H and O–H groups in total. The number of benzene rings is 1. The largest absolute Gasteiger partial charge is 0.416 e. The molecule has 0 bridgehead atoms. The SMILES string of the molecule is CCCCN(C(=O)Nc1cc(F)cc(C(F)(F)F)c1)C1CCN(C(C)CCC)CC1. The molecule has 1 atom stereocenters. The van der Waals surface area contributed by atoms with Gasteiger partial charge in [0.05, 0.1) is 5.56 Å². The van der Waals surface area contributed by atoms with E-state index in [2.05, 4.69) is 24.1 Å². The van der Waals surface area contributed by atoms with E-state index in [0.29, 0.717) is 18.7 Å². The topological polar surface area (TPSA) is 35.6 Å². The zero-order chi connectivity index (χ0) is 22.3. The van der Waals surface area contributed by atoms with Crippen LogP contribution < -0.4 is 5.32 Å². The lowest BCUT2D eigenvalue weighted by Crippen LogP contribution is -2.50. The fraction of sp³-hybridized carbons (Fsp3) is 0.682. The van der Waals surface area contributed by atoms with Gasteiger partial charge in [-0.2, -0.15) is 13.2 Å². The monoisotopic (exact) mass is 431 g/mol. The van der Waals surface area contributed by atoms with Crippen LogP contribution in [-0.2, 0) is 6.18 Å². The quantitative estimate of drug-likeness (QED) is 0.503. The van der Waals surface area contributed by atoms with Crippen molar-refractivity contribution in [3.05, 3.63) is 29.6 Å². The maximum Gasteiger partial charge on any atom is 0.416 e. The Morgan fingerprint density at radius 3 is 2.43 bits per heavy atom. The Morgan fingerprint density at radius 2 is 1.87 bits per heavy atom. The Morgan fingerprint density at radius 1 is 1.20 bits per heavy atom. The summed E-state index contributed by atoms with van der Waals surface area (Å²) in [6, 6.07) is 2.17. The summed E-state index contributed by atoms with van der Waals surface area (Å²) in [6.07, 6.45) is 0.923. The highest BCUT2D eigenvalue weighted by Crippen LogP contribution is 2.32. The minimum Gasteiger partial charge on any atom is -0.321 e. The normalized spacial score (nSPS) is 17.0. The summed E-state index contributed by atoms with van der Waals surface area (Å²) in [5, 5.41) is 2.49. The van der Waals surface area contributed by atoms with Gasteiger partial charge in [0, 0.05) is 37.4 Å². The van der Waals surface area contributed by atoms with Crippen LogP contribution in [0.15, 0.2) is 18.2 Å². The van der Waals surface area contributed by atoms with E-state index in [-0.39, 0.29) is 11.7 Å². The van der Waals surface area contributed by atoms with Crippen molar-refractivity contribution >= 4 is 11.7 Å². The second kappa shape index (κ2) is 11.0. The number of likely N-dealkylation sites (tertiary alicyclic amines) is 1. The molecule has 1 unspecified atom stereocenters. The molecule has 8 heteroatoms. The standard InChI is InChI=1S/C22H33F4N3O/c1-4-6-10-29(20-8-11-28(12-9-20)16(3)7-5-2)21(30)27-19-14-17(22(24,25)26)13-18(23)15-19/h13-16,20H,4-12H2,1-3H3,(H,27,30). The molecule has 0 aromatic heterocycles. The van der Waals surface area contributed by atoms with Crippen LogP contribution in [0.4, 0.5) is 28.0 Å². The summed E-state index contributed by atoms with van der Waals surface area (Å²) in [5.41, 5.74) is -1.29. The third kappa shape index (κ3) is 6.86. The number of nitrogens with zero attached hydrogens (tertiary/aromatic N) is 2. The van der Waals surface area contributed by atoms with Crippen LogP contribution in [0.1, 0.15) is 64.9 Å². The zero-order valence-corrected chi connectivity index (χ0v) is 18.1. The van der Waals surface area contributed by atoms with Gasteiger partial charge in [-0.25, -0.2) is 9.18 Å². The molecule has 1 aromatic carbocycles. The van der Waals surface area contributed by atoms with Crippen LogP contribution in [0.3, 0.4) is 0 Å². The minimum atomic E-state index is -4.68. The van der Waals surface area contributed by atoms with E-state index in [1.807, 2.05) is 6.92 Å². The number of hydrogen-bond acceptors (Lipinski definition) is 2. The number of piperidine rings is 1. The first kappa shape index (κ1) is 24.4. The lowest BCUT2D eigenvalue weighted by molar-refractivity contribution is -0.137. The first-order chi connectivity index (χ1) is 14.2. The summed E-state index contributed by atoms with van der Waals surface area (Å²) in [5.74, 6) is -1.03. The highest BCUT2D eigenvalue weighted by atomic mass is 19.4. The number of urea groups is 1. The third-order valence-electron chi connectivity index (χ3n) is 5.76. The molecule has 1 aromatic rings. The van der Waals surface area contributed by atoms with Gasteiger partial charge in [-0.3, -0.25) is 0 Å². The molecule has 1 aliphatic rings. The molecule has 4 nitrogen and oxygen atoms in total. The van der Waals surface area contributed by atoms with Crippen molar-refractivity contribution in [3.8, 4) is 0 Å². The molecule has 0 aliphatic carbocycles. The molecule has 1 saturated heterocycles. The molecular weight excluding hydrogens is 398 g/mol. The van der Waals surface area contributed by atoms with Gasteiger partial charge in [0.25, 0.3) is 0 Å². The molecule has 2 rings (SSSR count). The number of nitrogens with one attached hydrogen (secondary N) is 1. The van der Waals surface area contributed by atoms with Crippen molar-refractivity contribution in [2.75, 3.05) is 25.0 Å². The van der Waals surface area contributed by atoms with Gasteiger partial charge in [0.2, 0.25) is 0 Å². The second-order valence-corrected chi connectivity index (χ2v) is 8.11. The molecule has 0 saturated carbocycles. The summed E-state index contributed by atoms with van der Waals surface area (Å²) in [4.78, 5) is 17.0. The van der Waals surface area contributed by atoms with Crippen molar-refractivity contribution in [2.24, 2.45) is 0 Å². The third-order valence-corrected chi connectivity index (χ3v) is 5.76. The lowest BCUT2D eigenvalue weighted by Gasteiger charge is -2.40. The molecule has 1 fully saturated rings. The summed E-state index contributed by atoms with van der Waals surface area (Å²) >= 11 is 0. The maximum absolute atomic E-state index is 13.7. The molecule has 0 radical (unpaired) electrons. The minimum absolute atomic E-state index is 0.0253. The molecule has 30 heavy (non-hydrogen) atoms. The predicted molar refractivity (Wildman–Crippen MR) is 111 cm³/mol. The number of rotatable bonds is 8. The lowest BCUT2D eigenvalue weighted by atomic mass is 10.00. The molecular formula is C22H33F4N3O. The van der Waals surface area contributed by atoms with Crippen LogP contribution >= 0.6 is 0 Å². The Balaban J connectivity index is 2.08. The van der Waals surface area contributed by atoms with Gasteiger partial charge in [0.1, 0.15) is 5.82 Å². The summed E-state index contributed by atoms with van der Waals surface area (Å²) in [6.45, 7) is 8.70. The first-order valence-electron chi connectivity index (χ1n) is 10.8. The second-order valence-electron chi connectivity index (χ2n) is 8.11. The van der Waals surface area contributed by atoms with Crippen LogP contribution in [0, 0.1) is 5.82 Å². The van der Waals surface area contributed by atoms with Crippen LogP contribution in [0.25, 0.3) is 0 Å². The number of carbonyl (C=O) groups is 1. The van der Waals surface area contributed by atoms with Gasteiger partial charge >= 0.3 is 12.2 Å². The van der Waals surface area contributed by atoms with E-state index < -0.39 is 23.6 Å². The summed E-state index contributed by atoms with van der Waals surface area (Å²) in [7, 11) is 0. The van der Waals surface area contributed by atoms with Crippen molar-refractivity contribution in [1.82, 2.24) is 9.80 Å². The number of hydrogen-bond donors (Lipinski definition) is 1. The van der Waals surface area contributed by atoms with E-state index in [1.54, 1.807) is 4.90 Å². The predicted octanol–water partition coefficient (Wildman–Crippen LogP) is 6.13. The van der Waals surface area contributed by atoms with Gasteiger partial charge in [0.15, 0.2) is 0 Å². The highest BCUT2D eigenvalue weighted by molar-refractivity contribution is 5.89. The Bertz CT molecular complexity index is 687. The zero-order valence-electron chi connectivity index (χ0n) is 18.1. The van der Waals surface area contributed by atoms with Crippen LogP contribution in [0.2, 0.25) is 0 Å². The van der Waals surface area contributed by atoms with E-state index in [1.165, 1.54) is 0 Å². The van der Waals surface area contributed by atoms with Gasteiger partial charge in [-0.1, -0.05) is 26.7 Å². The smallest absolute Gasteiger partial charge is 0.321 e. The number of amides is 2. The first-order valence-corrected chi connectivity index (χ1v) is 10.8. The van der Waals surface area contributed by atoms with Crippen molar-refractivity contribution in [2.45, 2.75) is 77.6 Å². The van der Waals surface area contributed by atoms with E-state index in [0.717, 1.165) is 63.7 Å². The Kier molecular flexibility index (Phi) is 8.94. The van der Waals surface area contributed by atoms with Crippen molar-refractivity contribution in [3.63, 3.8) is 0 Å². The maximum atomic E-state index is 13.7. The van der Waals surface area contributed by atoms with Gasteiger partial charge in [-0.15, -0.1) is 0 Å². The number of carbonyl (C=O) groups excluding carboxylic acids is 1. The van der Waals surface area contributed by atoms with Gasteiger partial charge < -0.3 is 15.1 Å². The van der Waals surface area contributed by atoms with E-state index >= 15 is 0 Å². The average molecular weight is 432 g/mol. The molecule has 1 aliphatic heterocycles. The van der Waals surface area contributed by atoms with Crippen molar-refractivity contribution < 1.29 is 22.4 Å². The number of halogens is 4. The fourth-order valence-electron chi connectivity index (χ4n) is 4.04. The van der Waals surface area contributed by atoms with Crippen LogP contribution in [0.5, 0.6) is 0 Å². The number of unbranched alkanes of at least 4 members (excludes halogenated alkanes) is 1. The highest BCUT2D eigenvalue weighted by Gasteiger charge is 2.32. The Labute approximate surface area is 176 Å². The van der Waals surface area contributed by atoms with E-state index in [9.17, 15) is 22.4 Å². The Hall–Kier alpha value is -1.83. The number of alkyl halides is 3. The number of anilines is 1. The molecule has 2 amide bonds. The molecule has 170 valence electrons. The summed E-state index contributed by atoms with van der Waals surface area (Å²) < 4.78 is 52.6. The fourth-order valence-corrected chi connectivity index (χ4v) is 4.04. The average Bonchev–Trinajstić information content (AvgIpc) is 2.68. The molecule has 1 heterocycles. The van der Waals surface area contributed by atoms with Crippen molar-refractivity contribution in [1.29, 1.82) is 0 Å². The van der Waals surface area contributed by atoms with Crippen LogP contribution in [-0.4, -0.2) is 47.5 Å².